The lowest BCUT2D eigenvalue weighted by atomic mass is 10.2. The second kappa shape index (κ2) is 16.6. The molecule has 0 aromatic heterocycles. The molecule has 2 aliphatic rings. The SMILES string of the molecule is CC.CCCN1C(=O)N(CC2=CC=C(C)CC=C2)CC1CCOc1ccc(OC(C)(C)C=O)cc1.CO. The third-order valence-electron chi connectivity index (χ3n) is 5.79. The molecule has 37 heavy (non-hydrogen) atoms. The van der Waals surface area contributed by atoms with Crippen LogP contribution in [0.15, 0.2) is 59.7 Å². The van der Waals surface area contributed by atoms with Crippen molar-refractivity contribution in [2.75, 3.05) is 33.4 Å². The van der Waals surface area contributed by atoms with E-state index in [1.54, 1.807) is 26.0 Å². The number of amides is 2. The molecule has 206 valence electrons. The summed E-state index contributed by atoms with van der Waals surface area (Å²) in [5, 5.41) is 7.00. The maximum atomic E-state index is 13.0. The Morgan fingerprint density at radius 2 is 1.76 bits per heavy atom. The maximum absolute atomic E-state index is 13.0. The smallest absolute Gasteiger partial charge is 0.320 e. The van der Waals surface area contributed by atoms with Gasteiger partial charge in [-0.3, -0.25) is 4.79 Å². The molecule has 1 aromatic rings. The minimum Gasteiger partial charge on any atom is -0.494 e. The molecule has 2 amide bonds. The standard InChI is InChI=1S/C27H36N2O4.C2H6.CH4O/c1-5-16-29-23(19-28(26(29)31)18-22-8-6-7-21(2)9-10-22)15-17-32-24-11-13-25(14-12-24)33-27(3,4)20-30;2*1-2/h6,8-14,20,23H,5,7,15-19H2,1-4H3;1-2H3;2H,1H3. The Hall–Kier alpha value is -3.06. The highest BCUT2D eigenvalue weighted by atomic mass is 16.5. The number of ether oxygens (including phenoxy) is 2. The van der Waals surface area contributed by atoms with Gasteiger partial charge in [-0.1, -0.05) is 50.6 Å². The highest BCUT2D eigenvalue weighted by Gasteiger charge is 2.36. The van der Waals surface area contributed by atoms with Gasteiger partial charge in [0.05, 0.1) is 12.6 Å². The van der Waals surface area contributed by atoms with E-state index in [1.807, 2.05) is 35.8 Å². The summed E-state index contributed by atoms with van der Waals surface area (Å²) >= 11 is 0. The normalized spacial score (nSPS) is 17.0. The van der Waals surface area contributed by atoms with Crippen LogP contribution in [0.5, 0.6) is 11.5 Å². The van der Waals surface area contributed by atoms with Crippen LogP contribution in [0.25, 0.3) is 0 Å². The molecular formula is C30H46N2O5. The fourth-order valence-corrected chi connectivity index (χ4v) is 4.01. The summed E-state index contributed by atoms with van der Waals surface area (Å²) < 4.78 is 11.6. The molecule has 0 spiro atoms. The zero-order valence-electron chi connectivity index (χ0n) is 23.7. The van der Waals surface area contributed by atoms with E-state index in [1.165, 1.54) is 5.57 Å². The fraction of sp³-hybridized carbons (Fsp3) is 0.533. The number of aliphatic hydroxyl groups is 1. The topological polar surface area (TPSA) is 79.3 Å². The molecule has 3 rings (SSSR count). The Balaban J connectivity index is 0.00000163. The van der Waals surface area contributed by atoms with Gasteiger partial charge in [0, 0.05) is 33.2 Å². The number of carbonyl (C=O) groups is 2. The van der Waals surface area contributed by atoms with Gasteiger partial charge >= 0.3 is 6.03 Å². The van der Waals surface area contributed by atoms with Crippen LogP contribution in [0, 0.1) is 0 Å². The van der Waals surface area contributed by atoms with Gasteiger partial charge in [0.2, 0.25) is 0 Å². The summed E-state index contributed by atoms with van der Waals surface area (Å²) in [6.45, 7) is 14.3. The van der Waals surface area contributed by atoms with Crippen molar-refractivity contribution in [1.82, 2.24) is 9.80 Å². The monoisotopic (exact) mass is 514 g/mol. The van der Waals surface area contributed by atoms with E-state index in [0.717, 1.165) is 50.5 Å². The Kier molecular flexibility index (Phi) is 14.4. The first-order valence-electron chi connectivity index (χ1n) is 13.2. The Labute approximate surface area is 223 Å². The summed E-state index contributed by atoms with van der Waals surface area (Å²) in [5.41, 5.74) is 1.63. The molecule has 0 bridgehead atoms. The van der Waals surface area contributed by atoms with E-state index in [2.05, 4.69) is 38.2 Å². The first-order valence-corrected chi connectivity index (χ1v) is 13.2. The zero-order chi connectivity index (χ0) is 27.8. The van der Waals surface area contributed by atoms with Crippen LogP contribution in [0.2, 0.25) is 0 Å². The second-order valence-corrected chi connectivity index (χ2v) is 9.30. The van der Waals surface area contributed by atoms with E-state index in [0.29, 0.717) is 25.4 Å². The number of urea groups is 1. The Morgan fingerprint density at radius 1 is 1.11 bits per heavy atom. The van der Waals surface area contributed by atoms with E-state index >= 15 is 0 Å². The van der Waals surface area contributed by atoms with Gasteiger partial charge in [0.15, 0.2) is 11.9 Å². The van der Waals surface area contributed by atoms with Crippen molar-refractivity contribution in [3.05, 3.63) is 59.7 Å². The molecule has 0 saturated carbocycles. The van der Waals surface area contributed by atoms with Gasteiger partial charge in [-0.15, -0.1) is 0 Å². The molecule has 1 saturated heterocycles. The number of nitrogens with zero attached hydrogens (tertiary/aromatic N) is 2. The van der Waals surface area contributed by atoms with Gasteiger partial charge in [0.25, 0.3) is 0 Å². The largest absolute Gasteiger partial charge is 0.494 e. The molecule has 1 atom stereocenters. The van der Waals surface area contributed by atoms with Gasteiger partial charge in [-0.05, 0) is 63.5 Å². The van der Waals surface area contributed by atoms with Crippen LogP contribution < -0.4 is 9.47 Å². The van der Waals surface area contributed by atoms with Crippen LogP contribution >= 0.6 is 0 Å². The Morgan fingerprint density at radius 3 is 2.38 bits per heavy atom. The average Bonchev–Trinajstić information content (AvgIpc) is 3.05. The van der Waals surface area contributed by atoms with E-state index < -0.39 is 5.60 Å². The van der Waals surface area contributed by atoms with Crippen LogP contribution in [0.1, 0.15) is 60.8 Å². The minimum absolute atomic E-state index is 0.111. The summed E-state index contributed by atoms with van der Waals surface area (Å²) in [5.74, 6) is 1.36. The molecule has 7 nitrogen and oxygen atoms in total. The van der Waals surface area contributed by atoms with Gasteiger partial charge in [-0.2, -0.15) is 0 Å². The van der Waals surface area contributed by atoms with Crippen molar-refractivity contribution >= 4 is 12.3 Å². The maximum Gasteiger partial charge on any atom is 0.320 e. The van der Waals surface area contributed by atoms with Crippen LogP contribution in [0.4, 0.5) is 4.79 Å². The van der Waals surface area contributed by atoms with Gasteiger partial charge in [0.1, 0.15) is 11.5 Å². The number of rotatable bonds is 11. The molecular weight excluding hydrogens is 468 g/mol. The van der Waals surface area contributed by atoms with Crippen molar-refractivity contribution < 1.29 is 24.2 Å². The lowest BCUT2D eigenvalue weighted by Crippen LogP contribution is -2.36. The fourth-order valence-electron chi connectivity index (χ4n) is 4.01. The molecule has 1 aromatic carbocycles. The van der Waals surface area contributed by atoms with Crippen molar-refractivity contribution in [2.24, 2.45) is 0 Å². The molecule has 7 heteroatoms. The quantitative estimate of drug-likeness (QED) is 0.378. The number of carbonyl (C=O) groups excluding carboxylic acids is 2. The summed E-state index contributed by atoms with van der Waals surface area (Å²) in [4.78, 5) is 28.0. The summed E-state index contributed by atoms with van der Waals surface area (Å²) in [6.07, 6.45) is 12.0. The van der Waals surface area contributed by atoms with Crippen LogP contribution in [0.3, 0.4) is 0 Å². The van der Waals surface area contributed by atoms with E-state index in [9.17, 15) is 9.59 Å². The van der Waals surface area contributed by atoms with Crippen LogP contribution in [-0.4, -0.2) is 72.2 Å². The molecule has 1 heterocycles. The van der Waals surface area contributed by atoms with E-state index in [4.69, 9.17) is 14.6 Å². The highest BCUT2D eigenvalue weighted by molar-refractivity contribution is 5.77. The average molecular weight is 515 g/mol. The second-order valence-electron chi connectivity index (χ2n) is 9.30. The molecule has 1 aliphatic carbocycles. The number of aliphatic hydroxyl groups excluding tert-OH is 1. The minimum atomic E-state index is -0.857. The lowest BCUT2D eigenvalue weighted by molar-refractivity contribution is -0.119. The predicted molar refractivity (Wildman–Crippen MR) is 150 cm³/mol. The van der Waals surface area contributed by atoms with E-state index in [-0.39, 0.29) is 12.1 Å². The van der Waals surface area contributed by atoms with Crippen LogP contribution in [-0.2, 0) is 4.79 Å². The lowest BCUT2D eigenvalue weighted by Gasteiger charge is -2.23. The third-order valence-corrected chi connectivity index (χ3v) is 5.79. The van der Waals surface area contributed by atoms with Crippen molar-refractivity contribution in [1.29, 1.82) is 0 Å². The molecule has 1 aliphatic heterocycles. The number of hydrogen-bond donors (Lipinski definition) is 1. The zero-order valence-corrected chi connectivity index (χ0v) is 23.7. The Bertz CT molecular complexity index is 918. The van der Waals surface area contributed by atoms with Gasteiger partial charge < -0.3 is 24.4 Å². The van der Waals surface area contributed by atoms with Crippen molar-refractivity contribution in [3.8, 4) is 11.5 Å². The molecule has 1 fully saturated rings. The first kappa shape index (κ1) is 32.0. The van der Waals surface area contributed by atoms with Gasteiger partial charge in [-0.25, -0.2) is 4.79 Å². The molecule has 0 radical (unpaired) electrons. The highest BCUT2D eigenvalue weighted by Crippen LogP contribution is 2.24. The number of benzene rings is 1. The number of hydrogen-bond acceptors (Lipinski definition) is 5. The number of allylic oxidation sites excluding steroid dienone is 4. The predicted octanol–water partition coefficient (Wildman–Crippen LogP) is 5.80. The summed E-state index contributed by atoms with van der Waals surface area (Å²) in [6, 6.07) is 7.53. The third kappa shape index (κ3) is 10.4. The number of aldehydes is 1. The first-order chi connectivity index (χ1) is 17.8. The van der Waals surface area contributed by atoms with Crippen molar-refractivity contribution in [3.63, 3.8) is 0 Å². The molecule has 1 N–H and O–H groups in total. The summed E-state index contributed by atoms with van der Waals surface area (Å²) in [7, 11) is 1.00. The molecule has 1 unspecified atom stereocenters. The van der Waals surface area contributed by atoms with Crippen molar-refractivity contribution in [2.45, 2.75) is 72.4 Å².